The van der Waals surface area contributed by atoms with Crippen molar-refractivity contribution in [3.05, 3.63) is 0 Å². The molecule has 0 aromatic carbocycles. The van der Waals surface area contributed by atoms with Crippen molar-refractivity contribution in [2.45, 2.75) is 12.8 Å². The zero-order chi connectivity index (χ0) is 3.54. The van der Waals surface area contributed by atoms with E-state index in [0.717, 1.165) is 0 Å². The molecule has 0 aromatic rings. The topological polar surface area (TPSA) is 0 Å². The third-order valence-electron chi connectivity index (χ3n) is 0.827. The van der Waals surface area contributed by atoms with Crippen LogP contribution >= 0.6 is 28.7 Å². The van der Waals surface area contributed by atoms with Crippen molar-refractivity contribution in [2.75, 3.05) is 11.5 Å². The van der Waals surface area contributed by atoms with Gasteiger partial charge in [0.1, 0.15) is 0 Å². The van der Waals surface area contributed by atoms with Crippen molar-refractivity contribution < 1.29 is 22.4 Å². The molecule has 1 radical (unpaired) electrons. The summed E-state index contributed by atoms with van der Waals surface area (Å²) in [6.07, 6.45) is 2.93. The molecule has 0 N–H and O–H groups in total. The van der Waals surface area contributed by atoms with Crippen LogP contribution < -0.4 is 0 Å². The Bertz CT molecular complexity index is 23.3. The second-order valence-electron chi connectivity index (χ2n) is 1.32. The van der Waals surface area contributed by atoms with E-state index >= 15 is 0 Å². The summed E-state index contributed by atoms with van der Waals surface area (Å²) in [6.45, 7) is 0. The van der Waals surface area contributed by atoms with Crippen LogP contribution in [0.2, 0.25) is 0 Å². The molecule has 1 heterocycles. The van der Waals surface area contributed by atoms with Crippen molar-refractivity contribution in [3.63, 3.8) is 0 Å². The second-order valence-corrected chi connectivity index (χ2v) is 2.54. The summed E-state index contributed by atoms with van der Waals surface area (Å²) in [5.74, 6) is 2.83. The van der Waals surface area contributed by atoms with E-state index in [9.17, 15) is 0 Å². The summed E-state index contributed by atoms with van der Waals surface area (Å²) in [6, 6.07) is 0. The Morgan fingerprint density at radius 3 is 1.57 bits per heavy atom. The summed E-state index contributed by atoms with van der Waals surface area (Å²) in [4.78, 5) is 0. The van der Waals surface area contributed by atoms with Gasteiger partial charge in [-0.1, -0.05) is 0 Å². The van der Waals surface area contributed by atoms with Crippen LogP contribution in [0.4, 0.5) is 0 Å². The molecular weight excluding hydrogens is 357 g/mol. The van der Waals surface area contributed by atoms with Crippen LogP contribution in [-0.4, -0.2) is 11.5 Å². The van der Waals surface area contributed by atoms with Gasteiger partial charge in [0.05, 0.1) is 0 Å². The zero-order valence-corrected chi connectivity index (χ0v) is 8.64. The molecule has 0 spiro atoms. The van der Waals surface area contributed by atoms with Gasteiger partial charge in [-0.25, -0.2) is 0 Å². The fraction of sp³-hybridized carbons (Fsp3) is 1.00. The Labute approximate surface area is 75.1 Å². The first-order chi connectivity index (χ1) is 2.50. The molecule has 1 aliphatic rings. The van der Waals surface area contributed by atoms with Gasteiger partial charge in [-0.05, 0) is 24.3 Å². The number of hydrogen-bond donors (Lipinski definition) is 0. The molecule has 1 aliphatic heterocycles. The summed E-state index contributed by atoms with van der Waals surface area (Å²) in [5, 5.41) is 0. The van der Waals surface area contributed by atoms with E-state index in [2.05, 4.69) is 11.8 Å². The van der Waals surface area contributed by atoms with E-state index in [4.69, 9.17) is 0 Å². The molecule has 0 unspecified atom stereocenters. The van der Waals surface area contributed by atoms with Gasteiger partial charge in [-0.3, -0.25) is 0 Å². The van der Waals surface area contributed by atoms with Gasteiger partial charge in [0.25, 0.3) is 0 Å². The molecule has 0 atom stereocenters. The minimum atomic E-state index is 0. The molecule has 0 aliphatic carbocycles. The minimum Gasteiger partial charge on any atom is -0.162 e. The first kappa shape index (κ1) is 11.4. The molecule has 1 rings (SSSR count). The number of halogens is 1. The van der Waals surface area contributed by atoms with Crippen LogP contribution in [0.5, 0.6) is 0 Å². The number of thioether (sulfide) groups is 1. The average Bonchev–Trinajstić information content (AvgIpc) is 1.76. The smallest absolute Gasteiger partial charge is 0 e. The van der Waals surface area contributed by atoms with Crippen molar-refractivity contribution in [3.8, 4) is 0 Å². The third kappa shape index (κ3) is 5.44. The van der Waals surface area contributed by atoms with Crippen molar-refractivity contribution in [1.29, 1.82) is 0 Å². The van der Waals surface area contributed by atoms with E-state index in [-0.39, 0.29) is 39.4 Å². The number of rotatable bonds is 0. The van der Waals surface area contributed by atoms with Gasteiger partial charge in [0.15, 0.2) is 0 Å². The molecule has 0 amide bonds. The molecule has 1 fully saturated rings. The van der Waals surface area contributed by atoms with Gasteiger partial charge in [-0.15, -0.1) is 17.0 Å². The predicted octanol–water partition coefficient (Wildman–Crippen LogP) is 2.09. The normalized spacial score (nSPS) is 17.1. The van der Waals surface area contributed by atoms with Crippen LogP contribution in [0.15, 0.2) is 0 Å². The Hall–Kier alpha value is 1.57. The van der Waals surface area contributed by atoms with Crippen LogP contribution in [-0.2, 0) is 22.4 Å². The summed E-state index contributed by atoms with van der Waals surface area (Å²) < 4.78 is 0. The van der Waals surface area contributed by atoms with Gasteiger partial charge in [0.2, 0.25) is 0 Å². The maximum absolute atomic E-state index is 2.07. The molecule has 0 nitrogen and oxygen atoms in total. The quantitative estimate of drug-likeness (QED) is 0.592. The van der Waals surface area contributed by atoms with E-state index in [0.29, 0.717) is 0 Å². The monoisotopic (exact) mass is 365 g/mol. The Kier molecular flexibility index (Phi) is 12.3. The van der Waals surface area contributed by atoms with Gasteiger partial charge in [0, 0.05) is 22.4 Å². The summed E-state index contributed by atoms with van der Waals surface area (Å²) in [7, 11) is 0. The first-order valence-corrected chi connectivity index (χ1v) is 3.23. The van der Waals surface area contributed by atoms with Crippen molar-refractivity contribution in [1.82, 2.24) is 0 Å². The summed E-state index contributed by atoms with van der Waals surface area (Å²) in [5.41, 5.74) is 0. The van der Waals surface area contributed by atoms with E-state index in [1.807, 2.05) is 0 Å². The molecule has 49 valence electrons. The largest absolute Gasteiger partial charge is 0.162 e. The zero-order valence-electron chi connectivity index (χ0n) is 3.95. The SMILES string of the molecule is Br.C1CCSC1.[Au]. The fourth-order valence-corrected chi connectivity index (χ4v) is 1.53. The van der Waals surface area contributed by atoms with E-state index in [1.165, 1.54) is 24.3 Å². The van der Waals surface area contributed by atoms with Gasteiger partial charge in [-0.2, -0.15) is 11.8 Å². The van der Waals surface area contributed by atoms with Gasteiger partial charge < -0.3 is 0 Å². The maximum Gasteiger partial charge on any atom is 0 e. The molecule has 1 saturated heterocycles. The van der Waals surface area contributed by atoms with Crippen LogP contribution in [0, 0.1) is 0 Å². The van der Waals surface area contributed by atoms with Crippen molar-refractivity contribution in [2.24, 2.45) is 0 Å². The van der Waals surface area contributed by atoms with Gasteiger partial charge >= 0.3 is 0 Å². The second kappa shape index (κ2) is 7.57. The van der Waals surface area contributed by atoms with Crippen LogP contribution in [0.25, 0.3) is 0 Å². The molecule has 0 aromatic heterocycles. The van der Waals surface area contributed by atoms with E-state index in [1.54, 1.807) is 0 Å². The molecule has 7 heavy (non-hydrogen) atoms. The van der Waals surface area contributed by atoms with Crippen LogP contribution in [0.1, 0.15) is 12.8 Å². The van der Waals surface area contributed by atoms with Crippen molar-refractivity contribution >= 4 is 28.7 Å². The molecular formula is C4H9AuBrS. The number of hydrogen-bond acceptors (Lipinski definition) is 1. The Morgan fingerprint density at radius 2 is 1.43 bits per heavy atom. The average molecular weight is 366 g/mol. The van der Waals surface area contributed by atoms with Crippen LogP contribution in [0.3, 0.4) is 0 Å². The fourth-order valence-electron chi connectivity index (χ4n) is 0.510. The molecule has 0 saturated carbocycles. The Balaban J connectivity index is 0. The standard InChI is InChI=1S/C4H8S.Au.BrH/c1-2-4-5-3-1;;/h1-4H2;;1H. The Morgan fingerprint density at radius 1 is 1.00 bits per heavy atom. The van der Waals surface area contributed by atoms with E-state index < -0.39 is 0 Å². The maximum atomic E-state index is 2.07. The molecule has 3 heteroatoms. The molecule has 0 bridgehead atoms. The predicted molar refractivity (Wildman–Crippen MR) is 36.9 cm³/mol. The minimum absolute atomic E-state index is 0. The third-order valence-corrected chi connectivity index (χ3v) is 1.98. The summed E-state index contributed by atoms with van der Waals surface area (Å²) >= 11 is 2.07. The first-order valence-electron chi connectivity index (χ1n) is 2.08.